The second-order valence-electron chi connectivity index (χ2n) is 4.75. The third kappa shape index (κ3) is 4.43. The van der Waals surface area contributed by atoms with Crippen LogP contribution in [-0.4, -0.2) is 27.7 Å². The quantitative estimate of drug-likeness (QED) is 0.768. The number of halogens is 2. The van der Waals surface area contributed by atoms with E-state index in [0.29, 0.717) is 6.61 Å². The van der Waals surface area contributed by atoms with E-state index in [1.165, 1.54) is 18.9 Å². The largest absolute Gasteiger partial charge is 0.377 e. The predicted octanol–water partition coefficient (Wildman–Crippen LogP) is 3.34. The summed E-state index contributed by atoms with van der Waals surface area (Å²) in [6.07, 6.45) is 4.84. The van der Waals surface area contributed by atoms with Crippen LogP contribution >= 0.6 is 27.5 Å². The molecule has 1 aliphatic rings. The van der Waals surface area contributed by atoms with E-state index < -0.39 is 10.0 Å². The van der Waals surface area contributed by atoms with Crippen molar-refractivity contribution in [1.29, 1.82) is 0 Å². The average molecular weight is 383 g/mol. The van der Waals surface area contributed by atoms with Gasteiger partial charge in [0.1, 0.15) is 4.90 Å². The molecule has 1 saturated carbocycles. The highest BCUT2D eigenvalue weighted by atomic mass is 79.9. The molecular formula is C13H17BrClNO3S. The van der Waals surface area contributed by atoms with E-state index >= 15 is 0 Å². The first kappa shape index (κ1) is 16.2. The molecule has 0 radical (unpaired) electrons. The van der Waals surface area contributed by atoms with Crippen molar-refractivity contribution in [2.45, 2.75) is 36.7 Å². The molecule has 20 heavy (non-hydrogen) atoms. The van der Waals surface area contributed by atoms with Crippen LogP contribution in [0.2, 0.25) is 5.02 Å². The maximum Gasteiger partial charge on any atom is 0.242 e. The summed E-state index contributed by atoms with van der Waals surface area (Å²) in [6.45, 7) is 0.642. The second kappa shape index (κ2) is 7.22. The third-order valence-corrected chi connectivity index (χ3v) is 5.67. The first-order chi connectivity index (χ1) is 9.49. The minimum Gasteiger partial charge on any atom is -0.377 e. The van der Waals surface area contributed by atoms with Gasteiger partial charge in [0.15, 0.2) is 0 Å². The number of hydrogen-bond acceptors (Lipinski definition) is 3. The van der Waals surface area contributed by atoms with Gasteiger partial charge in [-0.3, -0.25) is 0 Å². The minimum absolute atomic E-state index is 0.0863. The van der Waals surface area contributed by atoms with Gasteiger partial charge in [-0.25, -0.2) is 13.1 Å². The van der Waals surface area contributed by atoms with Gasteiger partial charge in [0.2, 0.25) is 10.0 Å². The summed E-state index contributed by atoms with van der Waals surface area (Å²) < 4.78 is 33.1. The number of rotatable bonds is 6. The van der Waals surface area contributed by atoms with Crippen molar-refractivity contribution in [3.8, 4) is 0 Å². The molecule has 1 fully saturated rings. The molecule has 1 aromatic rings. The highest BCUT2D eigenvalue weighted by Crippen LogP contribution is 2.25. The number of ether oxygens (including phenoxy) is 1. The number of sulfonamides is 1. The molecule has 0 atom stereocenters. The van der Waals surface area contributed by atoms with E-state index in [9.17, 15) is 8.42 Å². The Morgan fingerprint density at radius 3 is 2.70 bits per heavy atom. The van der Waals surface area contributed by atoms with Crippen LogP contribution in [0.25, 0.3) is 0 Å². The van der Waals surface area contributed by atoms with Gasteiger partial charge < -0.3 is 4.74 Å². The molecular weight excluding hydrogens is 366 g/mol. The summed E-state index contributed by atoms with van der Waals surface area (Å²) in [5, 5.41) is 0.198. The fourth-order valence-corrected chi connectivity index (χ4v) is 4.28. The summed E-state index contributed by atoms with van der Waals surface area (Å²) >= 11 is 9.19. The summed E-state index contributed by atoms with van der Waals surface area (Å²) in [5.41, 5.74) is 0. The maximum absolute atomic E-state index is 12.1. The van der Waals surface area contributed by atoms with Gasteiger partial charge in [-0.05, 0) is 31.0 Å². The van der Waals surface area contributed by atoms with Crippen LogP contribution in [0.5, 0.6) is 0 Å². The van der Waals surface area contributed by atoms with Crippen molar-refractivity contribution < 1.29 is 13.2 Å². The maximum atomic E-state index is 12.1. The summed E-state index contributed by atoms with van der Waals surface area (Å²) in [6, 6.07) is 4.69. The fourth-order valence-electron chi connectivity index (χ4n) is 2.23. The van der Waals surface area contributed by atoms with E-state index in [0.717, 1.165) is 17.3 Å². The van der Waals surface area contributed by atoms with Gasteiger partial charge in [-0.1, -0.05) is 40.4 Å². The summed E-state index contributed by atoms with van der Waals surface area (Å²) in [7, 11) is -3.59. The topological polar surface area (TPSA) is 55.4 Å². The fraction of sp³-hybridized carbons (Fsp3) is 0.538. The van der Waals surface area contributed by atoms with Gasteiger partial charge in [0, 0.05) is 11.0 Å². The molecule has 0 amide bonds. The Bertz CT molecular complexity index is 559. The van der Waals surface area contributed by atoms with Crippen molar-refractivity contribution in [3.63, 3.8) is 0 Å². The molecule has 2 rings (SSSR count). The van der Waals surface area contributed by atoms with Gasteiger partial charge >= 0.3 is 0 Å². The number of benzene rings is 1. The minimum atomic E-state index is -3.59. The summed E-state index contributed by atoms with van der Waals surface area (Å²) in [5.74, 6) is 0. The molecule has 0 saturated heterocycles. The predicted molar refractivity (Wildman–Crippen MR) is 82.5 cm³/mol. The molecule has 0 bridgehead atoms. The van der Waals surface area contributed by atoms with Crippen molar-refractivity contribution in [2.24, 2.45) is 0 Å². The normalized spacial score (nSPS) is 16.7. The van der Waals surface area contributed by atoms with Crippen molar-refractivity contribution in [3.05, 3.63) is 27.7 Å². The molecule has 0 spiro atoms. The van der Waals surface area contributed by atoms with Gasteiger partial charge in [-0.2, -0.15) is 0 Å². The number of nitrogens with one attached hydrogen (secondary N) is 1. The van der Waals surface area contributed by atoms with Crippen LogP contribution < -0.4 is 4.72 Å². The first-order valence-electron chi connectivity index (χ1n) is 6.55. The van der Waals surface area contributed by atoms with E-state index in [1.807, 2.05) is 0 Å². The highest BCUT2D eigenvalue weighted by molar-refractivity contribution is 9.10. The monoisotopic (exact) mass is 381 g/mol. The van der Waals surface area contributed by atoms with Crippen LogP contribution in [0, 0.1) is 0 Å². The van der Waals surface area contributed by atoms with E-state index in [2.05, 4.69) is 20.7 Å². The lowest BCUT2D eigenvalue weighted by Crippen LogP contribution is -2.28. The zero-order valence-corrected chi connectivity index (χ0v) is 14.1. The molecule has 0 aromatic heterocycles. The lowest BCUT2D eigenvalue weighted by atomic mass is 10.3. The molecule has 0 unspecified atom stereocenters. The summed E-state index contributed by atoms with van der Waals surface area (Å²) in [4.78, 5) is 0.0863. The van der Waals surface area contributed by atoms with Crippen molar-refractivity contribution >= 4 is 37.6 Å². The van der Waals surface area contributed by atoms with Gasteiger partial charge in [0.25, 0.3) is 0 Å². The van der Waals surface area contributed by atoms with E-state index in [-0.39, 0.29) is 22.6 Å². The lowest BCUT2D eigenvalue weighted by molar-refractivity contribution is 0.0626. The Morgan fingerprint density at radius 1 is 1.35 bits per heavy atom. The SMILES string of the molecule is O=S(=O)(NCCOC1CCCC1)c1ccc(Br)cc1Cl. The van der Waals surface area contributed by atoms with Gasteiger partial charge in [0.05, 0.1) is 17.7 Å². The molecule has 1 aromatic carbocycles. The Balaban J connectivity index is 1.87. The van der Waals surface area contributed by atoms with Crippen LogP contribution in [0.1, 0.15) is 25.7 Å². The molecule has 1 aliphatic carbocycles. The average Bonchev–Trinajstić information content (AvgIpc) is 2.87. The lowest BCUT2D eigenvalue weighted by Gasteiger charge is -2.12. The zero-order chi connectivity index (χ0) is 14.6. The Morgan fingerprint density at radius 2 is 2.05 bits per heavy atom. The van der Waals surface area contributed by atoms with Gasteiger partial charge in [-0.15, -0.1) is 0 Å². The van der Waals surface area contributed by atoms with Crippen LogP contribution in [0.15, 0.2) is 27.6 Å². The Labute approximate surface area is 133 Å². The van der Waals surface area contributed by atoms with Crippen molar-refractivity contribution in [1.82, 2.24) is 4.72 Å². The van der Waals surface area contributed by atoms with Crippen LogP contribution in [-0.2, 0) is 14.8 Å². The smallest absolute Gasteiger partial charge is 0.242 e. The molecule has 4 nitrogen and oxygen atoms in total. The van der Waals surface area contributed by atoms with Crippen LogP contribution in [0.3, 0.4) is 0 Å². The van der Waals surface area contributed by atoms with E-state index in [1.54, 1.807) is 12.1 Å². The highest BCUT2D eigenvalue weighted by Gasteiger charge is 2.18. The molecule has 0 aliphatic heterocycles. The standard InChI is InChI=1S/C13H17BrClNO3S/c14-10-5-6-13(12(15)9-10)20(17,18)16-7-8-19-11-3-1-2-4-11/h5-6,9,11,16H,1-4,7-8H2. The molecule has 7 heteroatoms. The Hall–Kier alpha value is -0.140. The Kier molecular flexibility index (Phi) is 5.86. The van der Waals surface area contributed by atoms with E-state index in [4.69, 9.17) is 16.3 Å². The van der Waals surface area contributed by atoms with Crippen LogP contribution in [0.4, 0.5) is 0 Å². The molecule has 1 N–H and O–H groups in total. The number of hydrogen-bond donors (Lipinski definition) is 1. The molecule has 0 heterocycles. The molecule has 112 valence electrons. The van der Waals surface area contributed by atoms with Crippen molar-refractivity contribution in [2.75, 3.05) is 13.2 Å². The first-order valence-corrected chi connectivity index (χ1v) is 9.21. The third-order valence-electron chi connectivity index (χ3n) is 3.23. The zero-order valence-electron chi connectivity index (χ0n) is 10.9. The second-order valence-corrected chi connectivity index (χ2v) is 7.81.